The molecule has 2 bridgehead atoms. The summed E-state index contributed by atoms with van der Waals surface area (Å²) in [6, 6.07) is 1.79. The van der Waals surface area contributed by atoms with Crippen molar-refractivity contribution in [1.82, 2.24) is 10.2 Å². The number of hydrogen-bond donors (Lipinski definition) is 2. The Kier molecular flexibility index (Phi) is 4.58. The first-order valence-electron chi connectivity index (χ1n) is 10.2. The lowest BCUT2D eigenvalue weighted by Crippen LogP contribution is -2.41. The maximum absolute atomic E-state index is 11.6. The second-order valence-corrected chi connectivity index (χ2v) is 9.72. The first kappa shape index (κ1) is 19.5. The molecule has 7 heteroatoms. The first-order chi connectivity index (χ1) is 13.1. The number of furan rings is 1. The summed E-state index contributed by atoms with van der Waals surface area (Å²) in [6.45, 7) is 11.0. The highest BCUT2D eigenvalue weighted by atomic mass is 16.5. The molecule has 0 aliphatic carbocycles. The molecule has 3 aliphatic heterocycles. The fourth-order valence-corrected chi connectivity index (χ4v) is 5.49. The summed E-state index contributed by atoms with van der Waals surface area (Å²) in [5.74, 6) is 1.31. The van der Waals surface area contributed by atoms with E-state index in [0.717, 1.165) is 37.3 Å². The number of carbonyl (C=O) groups excluding carboxylic acids is 2. The van der Waals surface area contributed by atoms with Crippen molar-refractivity contribution in [2.75, 3.05) is 19.6 Å². The molecule has 1 aromatic rings. The minimum absolute atomic E-state index is 0.0128. The molecule has 0 aromatic carbocycles. The molecule has 3 N–H and O–H groups in total. The number of nitrogens with zero attached hydrogens (tertiary/aromatic N) is 1. The molecule has 1 spiro atoms. The van der Waals surface area contributed by atoms with Crippen molar-refractivity contribution in [2.45, 2.75) is 64.2 Å². The van der Waals surface area contributed by atoms with Gasteiger partial charge in [-0.25, -0.2) is 0 Å². The third-order valence-corrected chi connectivity index (χ3v) is 6.57. The minimum atomic E-state index is -0.536. The van der Waals surface area contributed by atoms with Crippen molar-refractivity contribution in [1.29, 1.82) is 0 Å². The van der Waals surface area contributed by atoms with E-state index in [2.05, 4.69) is 31.0 Å². The highest BCUT2D eigenvalue weighted by Crippen LogP contribution is 2.54. The lowest BCUT2D eigenvalue weighted by Gasteiger charge is -2.29. The molecule has 28 heavy (non-hydrogen) atoms. The fraction of sp³-hybridized carbons (Fsp3) is 0.714. The predicted octanol–water partition coefficient (Wildman–Crippen LogP) is 1.79. The Balaban J connectivity index is 1.52. The third-order valence-electron chi connectivity index (χ3n) is 6.57. The van der Waals surface area contributed by atoms with Crippen LogP contribution in [0.5, 0.6) is 0 Å². The first-order valence-corrected chi connectivity index (χ1v) is 10.2. The Morgan fingerprint density at radius 3 is 2.79 bits per heavy atom. The topological polar surface area (TPSA) is 97.8 Å². The summed E-state index contributed by atoms with van der Waals surface area (Å²) in [7, 11) is 0. The fourth-order valence-electron chi connectivity index (χ4n) is 5.49. The van der Waals surface area contributed by atoms with Gasteiger partial charge in [-0.05, 0) is 18.9 Å². The zero-order chi connectivity index (χ0) is 20.3. The van der Waals surface area contributed by atoms with Crippen LogP contribution in [0.2, 0.25) is 0 Å². The predicted molar refractivity (Wildman–Crippen MR) is 104 cm³/mol. The zero-order valence-corrected chi connectivity index (χ0v) is 17.2. The molecule has 4 heterocycles. The van der Waals surface area contributed by atoms with Gasteiger partial charge in [0, 0.05) is 55.9 Å². The Labute approximate surface area is 165 Å². The number of likely N-dealkylation sites (tertiary alicyclic amines) is 1. The number of carbonyl (C=O) groups is 2. The number of hydrogen-bond acceptors (Lipinski definition) is 5. The number of nitrogens with two attached hydrogens (primary N) is 1. The number of amides is 2. The maximum Gasteiger partial charge on any atom is 0.284 e. The monoisotopic (exact) mass is 389 g/mol. The second-order valence-electron chi connectivity index (χ2n) is 9.72. The molecule has 0 unspecified atom stereocenters. The highest BCUT2D eigenvalue weighted by Gasteiger charge is 2.62. The summed E-state index contributed by atoms with van der Waals surface area (Å²) in [4.78, 5) is 25.4. The van der Waals surface area contributed by atoms with Gasteiger partial charge in [0.15, 0.2) is 5.76 Å². The normalized spacial score (nSPS) is 31.9. The third kappa shape index (κ3) is 3.24. The molecule has 154 valence electrons. The second kappa shape index (κ2) is 6.59. The standard InChI is InChI=1S/C21H31N3O4/c1-12(25)23-8-14-15-10-24(11-21(15)6-5-16(14)28-21)9-13-7-17(19(22)26)27-18(13)20(2,3)4/h7,14-16H,5-6,8-11H2,1-4H3,(H2,22,26)(H,23,25)/t14-,15+,16+,21+/m0/s1. The lowest BCUT2D eigenvalue weighted by molar-refractivity contribution is -0.119. The maximum atomic E-state index is 11.6. The molecular formula is C21H31N3O4. The molecule has 0 radical (unpaired) electrons. The van der Waals surface area contributed by atoms with Crippen LogP contribution in [0.1, 0.15) is 62.4 Å². The Bertz CT molecular complexity index is 796. The number of primary amides is 1. The lowest BCUT2D eigenvalue weighted by atomic mass is 9.73. The molecular weight excluding hydrogens is 358 g/mol. The summed E-state index contributed by atoms with van der Waals surface area (Å²) >= 11 is 0. The largest absolute Gasteiger partial charge is 0.455 e. The van der Waals surface area contributed by atoms with Gasteiger partial charge in [0.25, 0.3) is 5.91 Å². The van der Waals surface area contributed by atoms with Crippen LogP contribution in [-0.2, 0) is 21.5 Å². The van der Waals surface area contributed by atoms with Crippen LogP contribution in [-0.4, -0.2) is 48.1 Å². The van der Waals surface area contributed by atoms with Gasteiger partial charge in [-0.3, -0.25) is 14.5 Å². The molecule has 3 aliphatic rings. The van der Waals surface area contributed by atoms with E-state index in [-0.39, 0.29) is 28.8 Å². The summed E-state index contributed by atoms with van der Waals surface area (Å²) < 4.78 is 12.3. The Hall–Kier alpha value is -1.86. The van der Waals surface area contributed by atoms with E-state index < -0.39 is 5.91 Å². The Morgan fingerprint density at radius 2 is 2.14 bits per heavy atom. The van der Waals surface area contributed by atoms with Crippen molar-refractivity contribution >= 4 is 11.8 Å². The highest BCUT2D eigenvalue weighted by molar-refractivity contribution is 5.90. The molecule has 3 saturated heterocycles. The quantitative estimate of drug-likeness (QED) is 0.800. The van der Waals surface area contributed by atoms with E-state index in [9.17, 15) is 9.59 Å². The van der Waals surface area contributed by atoms with Gasteiger partial charge in [-0.15, -0.1) is 0 Å². The van der Waals surface area contributed by atoms with Gasteiger partial charge in [-0.1, -0.05) is 20.8 Å². The van der Waals surface area contributed by atoms with Crippen molar-refractivity contribution in [3.8, 4) is 0 Å². The molecule has 1 aromatic heterocycles. The van der Waals surface area contributed by atoms with Crippen LogP contribution in [0.15, 0.2) is 10.5 Å². The van der Waals surface area contributed by atoms with Crippen LogP contribution in [0.25, 0.3) is 0 Å². The summed E-state index contributed by atoms with van der Waals surface area (Å²) in [5.41, 5.74) is 6.16. The average molecular weight is 389 g/mol. The van der Waals surface area contributed by atoms with Crippen LogP contribution >= 0.6 is 0 Å². The van der Waals surface area contributed by atoms with Gasteiger partial charge < -0.3 is 20.2 Å². The number of rotatable bonds is 5. The van der Waals surface area contributed by atoms with E-state index in [1.807, 2.05) is 0 Å². The van der Waals surface area contributed by atoms with Crippen LogP contribution < -0.4 is 11.1 Å². The van der Waals surface area contributed by atoms with Crippen LogP contribution in [0.3, 0.4) is 0 Å². The molecule has 0 saturated carbocycles. The van der Waals surface area contributed by atoms with Gasteiger partial charge in [0.1, 0.15) is 5.76 Å². The van der Waals surface area contributed by atoms with Crippen molar-refractivity contribution < 1.29 is 18.7 Å². The number of ether oxygens (including phenoxy) is 1. The van der Waals surface area contributed by atoms with Gasteiger partial charge in [-0.2, -0.15) is 0 Å². The van der Waals surface area contributed by atoms with Crippen molar-refractivity contribution in [3.63, 3.8) is 0 Å². The van der Waals surface area contributed by atoms with Gasteiger partial charge in [0.2, 0.25) is 5.91 Å². The zero-order valence-electron chi connectivity index (χ0n) is 17.2. The van der Waals surface area contributed by atoms with E-state index in [1.165, 1.54) is 0 Å². The number of fused-ring (bicyclic) bond motifs is 1. The van der Waals surface area contributed by atoms with Gasteiger partial charge in [0.05, 0.1) is 11.7 Å². The van der Waals surface area contributed by atoms with Crippen molar-refractivity contribution in [2.24, 2.45) is 17.6 Å². The molecule has 4 rings (SSSR count). The van der Waals surface area contributed by atoms with E-state index in [0.29, 0.717) is 24.9 Å². The average Bonchev–Trinajstić information content (AvgIpc) is 3.30. The van der Waals surface area contributed by atoms with Gasteiger partial charge >= 0.3 is 0 Å². The molecule has 2 amide bonds. The van der Waals surface area contributed by atoms with E-state index in [4.69, 9.17) is 14.9 Å². The molecule has 4 atom stereocenters. The molecule has 7 nitrogen and oxygen atoms in total. The van der Waals surface area contributed by atoms with Crippen LogP contribution in [0.4, 0.5) is 0 Å². The smallest absolute Gasteiger partial charge is 0.284 e. The van der Waals surface area contributed by atoms with Crippen LogP contribution in [0, 0.1) is 11.8 Å². The van der Waals surface area contributed by atoms with Crippen molar-refractivity contribution in [3.05, 3.63) is 23.2 Å². The van der Waals surface area contributed by atoms with E-state index in [1.54, 1.807) is 13.0 Å². The SMILES string of the molecule is CC(=O)NC[C@H]1[C@H]2CN(Cc3cc(C(N)=O)oc3C(C)(C)C)C[C@]23CC[C@H]1O3. The number of nitrogens with one attached hydrogen (secondary N) is 1. The molecule has 3 fully saturated rings. The Morgan fingerprint density at radius 1 is 1.39 bits per heavy atom. The minimum Gasteiger partial charge on any atom is -0.455 e. The summed E-state index contributed by atoms with van der Waals surface area (Å²) in [6.07, 6.45) is 2.42. The van der Waals surface area contributed by atoms with E-state index >= 15 is 0 Å². The summed E-state index contributed by atoms with van der Waals surface area (Å²) in [5, 5.41) is 2.99.